The molecule has 2 N–H and O–H groups in total. The fourth-order valence-electron chi connectivity index (χ4n) is 3.22. The van der Waals surface area contributed by atoms with Gasteiger partial charge in [0.1, 0.15) is 17.2 Å². The molecule has 1 fully saturated rings. The fraction of sp³-hybridized carbons (Fsp3) is 0.318. The summed E-state index contributed by atoms with van der Waals surface area (Å²) in [6, 6.07) is 11.4. The molecule has 0 atom stereocenters. The topological polar surface area (TPSA) is 66.8 Å². The molecule has 0 unspecified atom stereocenters. The van der Waals surface area contributed by atoms with Crippen molar-refractivity contribution in [3.8, 4) is 17.2 Å². The number of ether oxygens (including phenoxy) is 1. The SMILES string of the molecule is O=C(/C=C/c1ccc(O)cc1)c1ccc(OCC2CCCCC2)cc1O. The second-order valence-corrected chi connectivity index (χ2v) is 6.78. The van der Waals surface area contributed by atoms with Crippen LogP contribution < -0.4 is 4.74 Å². The molecule has 136 valence electrons. The van der Waals surface area contributed by atoms with E-state index in [-0.39, 0.29) is 22.8 Å². The van der Waals surface area contributed by atoms with Crippen LogP contribution in [-0.2, 0) is 0 Å². The van der Waals surface area contributed by atoms with Crippen molar-refractivity contribution in [2.45, 2.75) is 32.1 Å². The lowest BCUT2D eigenvalue weighted by molar-refractivity contribution is 0.104. The Labute approximate surface area is 153 Å². The van der Waals surface area contributed by atoms with Crippen molar-refractivity contribution in [3.63, 3.8) is 0 Å². The van der Waals surface area contributed by atoms with E-state index in [1.54, 1.807) is 42.5 Å². The number of phenolic OH excluding ortho intramolecular Hbond substituents is 2. The zero-order valence-corrected chi connectivity index (χ0v) is 14.7. The lowest BCUT2D eigenvalue weighted by Crippen LogP contribution is -2.15. The number of aromatic hydroxyl groups is 2. The van der Waals surface area contributed by atoms with Crippen molar-refractivity contribution in [2.24, 2.45) is 5.92 Å². The van der Waals surface area contributed by atoms with Crippen LogP contribution in [0.2, 0.25) is 0 Å². The van der Waals surface area contributed by atoms with Crippen LogP contribution in [0.1, 0.15) is 48.0 Å². The maximum Gasteiger partial charge on any atom is 0.189 e. The lowest BCUT2D eigenvalue weighted by atomic mass is 9.90. The van der Waals surface area contributed by atoms with Crippen LogP contribution in [0.25, 0.3) is 6.08 Å². The molecular formula is C22H24O4. The molecule has 4 nitrogen and oxygen atoms in total. The van der Waals surface area contributed by atoms with E-state index < -0.39 is 0 Å². The first-order valence-corrected chi connectivity index (χ1v) is 9.09. The molecule has 4 heteroatoms. The van der Waals surface area contributed by atoms with E-state index in [1.165, 1.54) is 44.2 Å². The van der Waals surface area contributed by atoms with Crippen LogP contribution in [0.15, 0.2) is 48.5 Å². The fourth-order valence-corrected chi connectivity index (χ4v) is 3.22. The van der Waals surface area contributed by atoms with E-state index in [1.807, 2.05) is 0 Å². The third-order valence-corrected chi connectivity index (χ3v) is 4.77. The molecule has 0 heterocycles. The van der Waals surface area contributed by atoms with Crippen molar-refractivity contribution in [1.29, 1.82) is 0 Å². The standard InChI is InChI=1S/C22H24O4/c23-18-9-6-16(7-10-18)8-13-21(24)20-12-11-19(14-22(20)25)26-15-17-4-2-1-3-5-17/h6-14,17,23,25H,1-5,15H2/b13-8+. The molecule has 26 heavy (non-hydrogen) atoms. The van der Waals surface area contributed by atoms with Crippen molar-refractivity contribution in [1.82, 2.24) is 0 Å². The summed E-state index contributed by atoms with van der Waals surface area (Å²) in [5.41, 5.74) is 1.04. The zero-order valence-electron chi connectivity index (χ0n) is 14.7. The Morgan fingerprint density at radius 2 is 1.77 bits per heavy atom. The highest BCUT2D eigenvalue weighted by molar-refractivity contribution is 6.08. The quantitative estimate of drug-likeness (QED) is 0.570. The number of benzene rings is 2. The van der Waals surface area contributed by atoms with E-state index in [9.17, 15) is 15.0 Å². The van der Waals surface area contributed by atoms with Gasteiger partial charge in [0, 0.05) is 6.07 Å². The van der Waals surface area contributed by atoms with Gasteiger partial charge in [-0.2, -0.15) is 0 Å². The summed E-state index contributed by atoms with van der Waals surface area (Å²) >= 11 is 0. The largest absolute Gasteiger partial charge is 0.508 e. The molecule has 3 rings (SSSR count). The Bertz CT molecular complexity index is 771. The van der Waals surface area contributed by atoms with E-state index in [0.29, 0.717) is 18.3 Å². The summed E-state index contributed by atoms with van der Waals surface area (Å²) < 4.78 is 5.79. The Kier molecular flexibility index (Phi) is 5.95. The molecule has 0 radical (unpaired) electrons. The smallest absolute Gasteiger partial charge is 0.189 e. The van der Waals surface area contributed by atoms with Crippen LogP contribution >= 0.6 is 0 Å². The summed E-state index contributed by atoms with van der Waals surface area (Å²) in [6.07, 6.45) is 9.29. The van der Waals surface area contributed by atoms with Crippen molar-refractivity contribution in [2.75, 3.05) is 6.61 Å². The number of hydrogen-bond donors (Lipinski definition) is 2. The summed E-state index contributed by atoms with van der Waals surface area (Å²) in [4.78, 5) is 12.3. The van der Waals surface area contributed by atoms with E-state index in [4.69, 9.17) is 4.74 Å². The maximum atomic E-state index is 12.3. The maximum absolute atomic E-state index is 12.3. The molecule has 0 saturated heterocycles. The van der Waals surface area contributed by atoms with Crippen LogP contribution in [0.4, 0.5) is 0 Å². The highest BCUT2D eigenvalue weighted by Crippen LogP contribution is 2.27. The first-order chi connectivity index (χ1) is 12.6. The van der Waals surface area contributed by atoms with E-state index in [2.05, 4.69) is 0 Å². The molecule has 2 aromatic rings. The van der Waals surface area contributed by atoms with Gasteiger partial charge in [-0.3, -0.25) is 4.79 Å². The minimum absolute atomic E-state index is 0.0773. The van der Waals surface area contributed by atoms with Crippen LogP contribution in [0.3, 0.4) is 0 Å². The molecule has 1 saturated carbocycles. The molecule has 2 aromatic carbocycles. The summed E-state index contributed by atoms with van der Waals surface area (Å²) in [5, 5.41) is 19.4. The van der Waals surface area contributed by atoms with Crippen molar-refractivity contribution in [3.05, 3.63) is 59.7 Å². The number of phenols is 2. The van der Waals surface area contributed by atoms with Gasteiger partial charge in [0.2, 0.25) is 0 Å². The summed E-state index contributed by atoms with van der Waals surface area (Å²) in [6.45, 7) is 0.660. The third-order valence-electron chi connectivity index (χ3n) is 4.77. The summed E-state index contributed by atoms with van der Waals surface area (Å²) in [5.74, 6) is 0.989. The van der Waals surface area contributed by atoms with Gasteiger partial charge in [0.15, 0.2) is 5.78 Å². The van der Waals surface area contributed by atoms with Crippen LogP contribution in [0.5, 0.6) is 17.2 Å². The van der Waals surface area contributed by atoms with E-state index in [0.717, 1.165) is 5.56 Å². The van der Waals surface area contributed by atoms with Gasteiger partial charge in [0.05, 0.1) is 12.2 Å². The number of ketones is 1. The van der Waals surface area contributed by atoms with Gasteiger partial charge in [-0.1, -0.05) is 37.5 Å². The molecule has 1 aliphatic rings. The number of hydrogen-bond acceptors (Lipinski definition) is 4. The molecule has 0 spiro atoms. The van der Waals surface area contributed by atoms with Crippen molar-refractivity contribution < 1.29 is 19.7 Å². The number of carbonyl (C=O) groups excluding carboxylic acids is 1. The lowest BCUT2D eigenvalue weighted by Gasteiger charge is -2.21. The zero-order chi connectivity index (χ0) is 18.4. The highest BCUT2D eigenvalue weighted by Gasteiger charge is 2.15. The Balaban J connectivity index is 1.60. The van der Waals surface area contributed by atoms with Gasteiger partial charge >= 0.3 is 0 Å². The van der Waals surface area contributed by atoms with Gasteiger partial charge in [-0.25, -0.2) is 0 Å². The van der Waals surface area contributed by atoms with Crippen molar-refractivity contribution >= 4 is 11.9 Å². The number of carbonyl (C=O) groups is 1. The van der Waals surface area contributed by atoms with Gasteiger partial charge in [0.25, 0.3) is 0 Å². The minimum atomic E-state index is -0.283. The Morgan fingerprint density at radius 1 is 1.04 bits per heavy atom. The first kappa shape index (κ1) is 18.1. The normalized spacial score (nSPS) is 15.2. The Hall–Kier alpha value is -2.75. The molecular weight excluding hydrogens is 328 g/mol. The second-order valence-electron chi connectivity index (χ2n) is 6.78. The van der Waals surface area contributed by atoms with Gasteiger partial charge in [-0.05, 0) is 54.7 Å². The molecule has 0 bridgehead atoms. The number of allylic oxidation sites excluding steroid dienone is 1. The predicted molar refractivity (Wildman–Crippen MR) is 102 cm³/mol. The van der Waals surface area contributed by atoms with Gasteiger partial charge in [-0.15, -0.1) is 0 Å². The average molecular weight is 352 g/mol. The summed E-state index contributed by atoms with van der Waals surface area (Å²) in [7, 11) is 0. The molecule has 0 aromatic heterocycles. The predicted octanol–water partition coefficient (Wildman–Crippen LogP) is 4.95. The van der Waals surface area contributed by atoms with E-state index >= 15 is 0 Å². The van der Waals surface area contributed by atoms with Crippen LogP contribution in [-0.4, -0.2) is 22.6 Å². The average Bonchev–Trinajstić information content (AvgIpc) is 2.66. The molecule has 0 aliphatic heterocycles. The Morgan fingerprint density at radius 3 is 2.46 bits per heavy atom. The second kappa shape index (κ2) is 8.56. The number of rotatable bonds is 6. The van der Waals surface area contributed by atoms with Crippen LogP contribution in [0, 0.1) is 5.92 Å². The molecule has 1 aliphatic carbocycles. The molecule has 0 amide bonds. The van der Waals surface area contributed by atoms with Gasteiger partial charge < -0.3 is 14.9 Å². The third kappa shape index (κ3) is 4.88. The highest BCUT2D eigenvalue weighted by atomic mass is 16.5. The monoisotopic (exact) mass is 352 g/mol. The first-order valence-electron chi connectivity index (χ1n) is 9.09. The minimum Gasteiger partial charge on any atom is -0.508 e.